The highest BCUT2D eigenvalue weighted by molar-refractivity contribution is 5.56. The second-order valence-corrected chi connectivity index (χ2v) is 2.11. The minimum Gasteiger partial charge on any atom is -0.424 e. The summed E-state index contributed by atoms with van der Waals surface area (Å²) in [4.78, 5) is 9.90. The first-order valence-electron chi connectivity index (χ1n) is 3.11. The first-order valence-corrected chi connectivity index (χ1v) is 3.11. The Morgan fingerprint density at radius 2 is 2.20 bits per heavy atom. The maximum Gasteiger partial charge on any atom is 0.550 e. The average Bonchev–Trinajstić information content (AvgIpc) is 1.81. The van der Waals surface area contributed by atoms with Crippen LogP contribution in [-0.2, 0) is 9.84 Å². The molecule has 1 unspecified atom stereocenters. The van der Waals surface area contributed by atoms with E-state index in [1.54, 1.807) is 6.92 Å². The molecule has 0 spiro atoms. The monoisotopic (exact) mass is 143 g/mol. The lowest BCUT2D eigenvalue weighted by Crippen LogP contribution is -2.15. The molecule has 0 fully saturated rings. The molecule has 0 bridgehead atoms. The Kier molecular flexibility index (Phi) is 3.54. The molecule has 0 aromatic carbocycles. The molecule has 10 heavy (non-hydrogen) atoms. The maximum absolute atomic E-state index is 9.90. The van der Waals surface area contributed by atoms with Gasteiger partial charge in [0.15, 0.2) is 0 Å². The number of rotatable bonds is 3. The molecule has 0 aromatic heterocycles. The summed E-state index contributed by atoms with van der Waals surface area (Å²) in [7, 11) is 0. The third-order valence-electron chi connectivity index (χ3n) is 1.16. The zero-order valence-corrected chi connectivity index (χ0v) is 6.22. The van der Waals surface area contributed by atoms with Gasteiger partial charge in [0.25, 0.3) is 0 Å². The quantitative estimate of drug-likeness (QED) is 0.447. The Hall–Kier alpha value is -0.990. The van der Waals surface area contributed by atoms with E-state index in [4.69, 9.17) is 0 Å². The van der Waals surface area contributed by atoms with Crippen molar-refractivity contribution in [3.63, 3.8) is 0 Å². The fraction of sp³-hybridized carbons (Fsp3) is 0.571. The molecule has 0 saturated carbocycles. The predicted octanol–water partition coefficient (Wildman–Crippen LogP) is 1.91. The van der Waals surface area contributed by atoms with Crippen molar-refractivity contribution in [1.29, 1.82) is 0 Å². The van der Waals surface area contributed by atoms with Gasteiger partial charge in [-0.2, -0.15) is 9.90 Å². The van der Waals surface area contributed by atoms with E-state index in [0.717, 1.165) is 0 Å². The molecule has 0 aromatic rings. The number of carbonyl (C=O) groups excluding carboxylic acids is 1. The van der Waals surface area contributed by atoms with Crippen LogP contribution in [0.25, 0.3) is 0 Å². The van der Waals surface area contributed by atoms with E-state index in [1.807, 2.05) is 6.92 Å². The summed E-state index contributed by atoms with van der Waals surface area (Å²) in [5, 5.41) is 9.90. The van der Waals surface area contributed by atoms with Gasteiger partial charge in [-0.05, 0) is 18.9 Å². The van der Waals surface area contributed by atoms with Crippen molar-refractivity contribution < 1.29 is 14.6 Å². The molecular weight excluding hydrogens is 132 g/mol. The van der Waals surface area contributed by atoms with Crippen LogP contribution in [0.5, 0.6) is 0 Å². The van der Waals surface area contributed by atoms with Crippen LogP contribution in [0, 0.1) is 0 Å². The van der Waals surface area contributed by atoms with E-state index < -0.39 is 12.3 Å². The molecule has 0 aliphatic heterocycles. The molecule has 3 heteroatoms. The minimum absolute atomic E-state index is 0.412. The molecule has 0 N–H and O–H groups in total. The Balaban J connectivity index is 3.83. The van der Waals surface area contributed by atoms with Gasteiger partial charge in [0.2, 0.25) is 0 Å². The van der Waals surface area contributed by atoms with Gasteiger partial charge < -0.3 is 4.74 Å². The van der Waals surface area contributed by atoms with Crippen LogP contribution in [0.1, 0.15) is 20.3 Å². The van der Waals surface area contributed by atoms with Gasteiger partial charge in [0.05, 0.1) is 0 Å². The van der Waals surface area contributed by atoms with Gasteiger partial charge in [0, 0.05) is 0 Å². The number of ether oxygens (including phenoxy) is 1. The van der Waals surface area contributed by atoms with E-state index in [1.165, 1.54) is 0 Å². The van der Waals surface area contributed by atoms with Crippen LogP contribution in [0.3, 0.4) is 0 Å². The third-order valence-corrected chi connectivity index (χ3v) is 1.16. The van der Waals surface area contributed by atoms with E-state index in [-0.39, 0.29) is 0 Å². The predicted molar refractivity (Wildman–Crippen MR) is 36.1 cm³/mol. The molecule has 0 rings (SSSR count). The first kappa shape index (κ1) is 9.01. The van der Waals surface area contributed by atoms with E-state index in [0.29, 0.717) is 12.0 Å². The van der Waals surface area contributed by atoms with Gasteiger partial charge in [0.1, 0.15) is 6.10 Å². The highest BCUT2D eigenvalue weighted by atomic mass is 16.7. The normalized spacial score (nSPS) is 12.2. The van der Waals surface area contributed by atoms with Crippen molar-refractivity contribution in [3.05, 3.63) is 12.2 Å². The topological polar surface area (TPSA) is 46.2 Å². The second kappa shape index (κ2) is 3.93. The average molecular weight is 143 g/mol. The van der Waals surface area contributed by atoms with E-state index in [9.17, 15) is 9.90 Å². The summed E-state index contributed by atoms with van der Waals surface area (Å²) >= 11 is 0. The SMILES string of the molecule is C=C(C)C(CC)OC([O])=O. The van der Waals surface area contributed by atoms with Crippen LogP contribution in [-0.4, -0.2) is 12.3 Å². The van der Waals surface area contributed by atoms with Crippen LogP contribution in [0.15, 0.2) is 12.2 Å². The zero-order valence-electron chi connectivity index (χ0n) is 6.22. The molecule has 1 radical (unpaired) electrons. The summed E-state index contributed by atoms with van der Waals surface area (Å²) in [5.74, 6) is 0. The van der Waals surface area contributed by atoms with E-state index >= 15 is 0 Å². The van der Waals surface area contributed by atoms with Gasteiger partial charge in [-0.1, -0.05) is 13.5 Å². The van der Waals surface area contributed by atoms with Crippen molar-refractivity contribution in [2.24, 2.45) is 0 Å². The summed E-state index contributed by atoms with van der Waals surface area (Å²) < 4.78 is 4.37. The number of carbonyl (C=O) groups is 1. The largest absolute Gasteiger partial charge is 0.550 e. The fourth-order valence-corrected chi connectivity index (χ4v) is 0.649. The van der Waals surface area contributed by atoms with Crippen LogP contribution >= 0.6 is 0 Å². The molecular formula is C7H11O3. The highest BCUT2D eigenvalue weighted by Crippen LogP contribution is 2.07. The van der Waals surface area contributed by atoms with Crippen LogP contribution in [0.4, 0.5) is 4.79 Å². The third kappa shape index (κ3) is 3.12. The summed E-state index contributed by atoms with van der Waals surface area (Å²) in [5.41, 5.74) is 0.701. The minimum atomic E-state index is -1.49. The summed E-state index contributed by atoms with van der Waals surface area (Å²) in [6.45, 7) is 7.10. The number of hydrogen-bond donors (Lipinski definition) is 0. The Labute approximate surface area is 60.3 Å². The lowest BCUT2D eigenvalue weighted by Gasteiger charge is -2.11. The fourth-order valence-electron chi connectivity index (χ4n) is 0.649. The van der Waals surface area contributed by atoms with Gasteiger partial charge in [-0.3, -0.25) is 0 Å². The van der Waals surface area contributed by atoms with Crippen molar-refractivity contribution in [3.8, 4) is 0 Å². The molecule has 0 aliphatic carbocycles. The van der Waals surface area contributed by atoms with Crippen molar-refractivity contribution >= 4 is 6.16 Å². The lowest BCUT2D eigenvalue weighted by atomic mass is 10.1. The standard InChI is InChI=1S/C7H11O3/c1-4-6(5(2)3)10-7(8)9/h6H,2,4H2,1,3H3. The van der Waals surface area contributed by atoms with Gasteiger partial charge in [-0.25, -0.2) is 0 Å². The van der Waals surface area contributed by atoms with Gasteiger partial charge in [-0.15, -0.1) is 0 Å². The Bertz CT molecular complexity index is 140. The molecule has 0 amide bonds. The second-order valence-electron chi connectivity index (χ2n) is 2.11. The van der Waals surface area contributed by atoms with Gasteiger partial charge >= 0.3 is 6.16 Å². The summed E-state index contributed by atoms with van der Waals surface area (Å²) in [6, 6.07) is 0. The Morgan fingerprint density at radius 3 is 2.30 bits per heavy atom. The Morgan fingerprint density at radius 1 is 1.70 bits per heavy atom. The van der Waals surface area contributed by atoms with Crippen molar-refractivity contribution in [1.82, 2.24) is 0 Å². The smallest absolute Gasteiger partial charge is 0.424 e. The zero-order chi connectivity index (χ0) is 8.15. The number of hydrogen-bond acceptors (Lipinski definition) is 2. The lowest BCUT2D eigenvalue weighted by molar-refractivity contribution is 0.0431. The summed E-state index contributed by atoms with van der Waals surface area (Å²) in [6.07, 6.45) is -1.30. The van der Waals surface area contributed by atoms with E-state index in [2.05, 4.69) is 11.3 Å². The highest BCUT2D eigenvalue weighted by Gasteiger charge is 2.11. The molecule has 0 saturated heterocycles. The molecule has 57 valence electrons. The first-order chi connectivity index (χ1) is 4.57. The van der Waals surface area contributed by atoms with Crippen LogP contribution < -0.4 is 0 Å². The molecule has 3 nitrogen and oxygen atoms in total. The molecule has 0 heterocycles. The molecule has 0 aliphatic rings. The van der Waals surface area contributed by atoms with Crippen molar-refractivity contribution in [2.45, 2.75) is 26.4 Å². The maximum atomic E-state index is 9.90. The molecule has 1 atom stereocenters. The van der Waals surface area contributed by atoms with Crippen LogP contribution in [0.2, 0.25) is 0 Å². The van der Waals surface area contributed by atoms with Crippen molar-refractivity contribution in [2.75, 3.05) is 0 Å².